The number of aromatic nitrogens is 3. The lowest BCUT2D eigenvalue weighted by atomic mass is 10.2. The quantitative estimate of drug-likeness (QED) is 0.694. The molecule has 18 heavy (non-hydrogen) atoms. The van der Waals surface area contributed by atoms with Gasteiger partial charge in [-0.25, -0.2) is 14.4 Å². The topological polar surface area (TPSA) is 41.6 Å². The molecule has 0 bridgehead atoms. The van der Waals surface area contributed by atoms with Crippen LogP contribution in [-0.4, -0.2) is 15.0 Å². The largest absolute Gasteiger partial charge is 0.336 e. The Morgan fingerprint density at radius 2 is 2.06 bits per heavy atom. The van der Waals surface area contributed by atoms with Gasteiger partial charge in [-0.15, -0.1) is 0 Å². The summed E-state index contributed by atoms with van der Waals surface area (Å²) in [6.07, 6.45) is 1.66. The number of nitrogens with one attached hydrogen (secondary N) is 1. The first-order valence-electron chi connectivity index (χ1n) is 5.11. The Balaban J connectivity index is 2.26. The van der Waals surface area contributed by atoms with Crippen molar-refractivity contribution in [3.05, 3.63) is 45.2 Å². The van der Waals surface area contributed by atoms with Gasteiger partial charge in [-0.3, -0.25) is 0 Å². The number of H-pyrrole nitrogens is 1. The molecule has 3 rings (SSSR count). The van der Waals surface area contributed by atoms with Crippen LogP contribution in [0.25, 0.3) is 22.6 Å². The minimum absolute atomic E-state index is 0.331. The standard InChI is InChI=1S/C12H6Br2FN3/c13-6-4-9-11(16-5-6)18-12(17-9)10-7(14)2-1-3-8(10)15/h1-5H,(H,16,17,18). The van der Waals surface area contributed by atoms with Crippen LogP contribution in [0.1, 0.15) is 0 Å². The highest BCUT2D eigenvalue weighted by molar-refractivity contribution is 9.10. The SMILES string of the molecule is Fc1cccc(Br)c1-c1nc2ncc(Br)cc2[nH]1. The monoisotopic (exact) mass is 369 g/mol. The minimum Gasteiger partial charge on any atom is -0.336 e. The Bertz CT molecular complexity index is 719. The summed E-state index contributed by atoms with van der Waals surface area (Å²) in [7, 11) is 0. The number of nitrogens with zero attached hydrogens (tertiary/aromatic N) is 2. The minimum atomic E-state index is -0.331. The fraction of sp³-hybridized carbons (Fsp3) is 0. The number of fused-ring (bicyclic) bond motifs is 1. The second kappa shape index (κ2) is 4.44. The van der Waals surface area contributed by atoms with Gasteiger partial charge in [0.2, 0.25) is 0 Å². The second-order valence-corrected chi connectivity index (χ2v) is 5.48. The zero-order valence-electron chi connectivity index (χ0n) is 8.92. The first-order valence-corrected chi connectivity index (χ1v) is 6.69. The molecule has 0 saturated carbocycles. The highest BCUT2D eigenvalue weighted by Crippen LogP contribution is 2.30. The third kappa shape index (κ3) is 1.95. The molecule has 0 radical (unpaired) electrons. The van der Waals surface area contributed by atoms with E-state index < -0.39 is 0 Å². The molecule has 6 heteroatoms. The van der Waals surface area contributed by atoms with E-state index in [0.717, 1.165) is 9.99 Å². The van der Waals surface area contributed by atoms with Crippen LogP contribution >= 0.6 is 31.9 Å². The molecular weight excluding hydrogens is 365 g/mol. The highest BCUT2D eigenvalue weighted by Gasteiger charge is 2.13. The molecule has 0 fully saturated rings. The maximum Gasteiger partial charge on any atom is 0.178 e. The van der Waals surface area contributed by atoms with Crippen molar-refractivity contribution in [2.24, 2.45) is 0 Å². The molecule has 0 atom stereocenters. The van der Waals surface area contributed by atoms with E-state index in [9.17, 15) is 4.39 Å². The van der Waals surface area contributed by atoms with Gasteiger partial charge in [0.25, 0.3) is 0 Å². The van der Waals surface area contributed by atoms with Gasteiger partial charge in [-0.1, -0.05) is 6.07 Å². The van der Waals surface area contributed by atoms with Crippen molar-refractivity contribution in [2.45, 2.75) is 0 Å². The first-order chi connectivity index (χ1) is 8.65. The van der Waals surface area contributed by atoms with Crippen LogP contribution in [0.4, 0.5) is 4.39 Å². The Morgan fingerprint density at radius 3 is 2.83 bits per heavy atom. The molecule has 0 spiro atoms. The molecule has 0 aliphatic heterocycles. The van der Waals surface area contributed by atoms with Gasteiger partial charge in [0.05, 0.1) is 11.1 Å². The van der Waals surface area contributed by atoms with Gasteiger partial charge in [0, 0.05) is 15.1 Å². The molecule has 2 heterocycles. The van der Waals surface area contributed by atoms with Crippen molar-refractivity contribution in [2.75, 3.05) is 0 Å². The smallest absolute Gasteiger partial charge is 0.178 e. The summed E-state index contributed by atoms with van der Waals surface area (Å²) in [4.78, 5) is 11.5. The molecule has 0 aliphatic rings. The lowest BCUT2D eigenvalue weighted by Crippen LogP contribution is -1.87. The number of benzene rings is 1. The number of hydrogen-bond acceptors (Lipinski definition) is 2. The van der Waals surface area contributed by atoms with Crippen LogP contribution in [0.2, 0.25) is 0 Å². The maximum absolute atomic E-state index is 13.8. The Hall–Kier alpha value is -1.27. The van der Waals surface area contributed by atoms with Gasteiger partial charge in [0.15, 0.2) is 5.65 Å². The van der Waals surface area contributed by atoms with Crippen molar-refractivity contribution in [1.29, 1.82) is 0 Å². The molecular formula is C12H6Br2FN3. The lowest BCUT2D eigenvalue weighted by molar-refractivity contribution is 0.629. The van der Waals surface area contributed by atoms with Crippen molar-refractivity contribution in [3.8, 4) is 11.4 Å². The third-order valence-electron chi connectivity index (χ3n) is 2.50. The van der Waals surface area contributed by atoms with Gasteiger partial charge in [0.1, 0.15) is 11.6 Å². The zero-order valence-corrected chi connectivity index (χ0v) is 12.1. The summed E-state index contributed by atoms with van der Waals surface area (Å²) < 4.78 is 15.3. The molecule has 90 valence electrons. The third-order valence-corrected chi connectivity index (χ3v) is 3.60. The average molecular weight is 371 g/mol. The molecule has 0 unspecified atom stereocenters. The van der Waals surface area contributed by atoms with Crippen LogP contribution in [-0.2, 0) is 0 Å². The van der Waals surface area contributed by atoms with E-state index in [1.54, 1.807) is 18.3 Å². The summed E-state index contributed by atoms with van der Waals surface area (Å²) in [5.41, 5.74) is 1.73. The Labute approximate surface area is 119 Å². The van der Waals surface area contributed by atoms with Crippen LogP contribution in [0.3, 0.4) is 0 Å². The summed E-state index contributed by atoms with van der Waals surface area (Å²) >= 11 is 6.66. The van der Waals surface area contributed by atoms with Crippen LogP contribution in [0.15, 0.2) is 39.4 Å². The summed E-state index contributed by atoms with van der Waals surface area (Å²) in [5.74, 6) is 0.128. The Kier molecular flexibility index (Phi) is 2.91. The second-order valence-electron chi connectivity index (χ2n) is 3.71. The number of aromatic amines is 1. The Morgan fingerprint density at radius 1 is 1.22 bits per heavy atom. The molecule has 2 aromatic heterocycles. The summed E-state index contributed by atoms with van der Waals surface area (Å²) in [5, 5.41) is 0. The van der Waals surface area contributed by atoms with Gasteiger partial charge in [-0.05, 0) is 50.1 Å². The summed E-state index contributed by atoms with van der Waals surface area (Å²) in [6.45, 7) is 0. The van der Waals surface area contributed by atoms with E-state index in [1.807, 2.05) is 6.07 Å². The maximum atomic E-state index is 13.8. The van der Waals surface area contributed by atoms with Crippen molar-refractivity contribution < 1.29 is 4.39 Å². The predicted molar refractivity (Wildman–Crippen MR) is 74.7 cm³/mol. The average Bonchev–Trinajstić information content (AvgIpc) is 2.71. The number of rotatable bonds is 1. The summed E-state index contributed by atoms with van der Waals surface area (Å²) in [6, 6.07) is 6.67. The normalized spacial score (nSPS) is 11.1. The lowest BCUT2D eigenvalue weighted by Gasteiger charge is -2.01. The van der Waals surface area contributed by atoms with Crippen LogP contribution in [0, 0.1) is 5.82 Å². The first kappa shape index (κ1) is 11.8. The van der Waals surface area contributed by atoms with E-state index in [1.165, 1.54) is 6.07 Å². The van der Waals surface area contributed by atoms with Gasteiger partial charge >= 0.3 is 0 Å². The fourth-order valence-electron chi connectivity index (χ4n) is 1.72. The van der Waals surface area contributed by atoms with Crippen molar-refractivity contribution in [1.82, 2.24) is 15.0 Å². The number of imidazole rings is 1. The fourth-order valence-corrected chi connectivity index (χ4v) is 2.58. The van der Waals surface area contributed by atoms with E-state index in [0.29, 0.717) is 21.5 Å². The van der Waals surface area contributed by atoms with E-state index >= 15 is 0 Å². The van der Waals surface area contributed by atoms with Crippen LogP contribution < -0.4 is 0 Å². The number of hydrogen-bond donors (Lipinski definition) is 1. The number of pyridine rings is 1. The van der Waals surface area contributed by atoms with Crippen molar-refractivity contribution >= 4 is 43.0 Å². The van der Waals surface area contributed by atoms with Crippen molar-refractivity contribution in [3.63, 3.8) is 0 Å². The van der Waals surface area contributed by atoms with Gasteiger partial charge < -0.3 is 4.98 Å². The van der Waals surface area contributed by atoms with E-state index in [-0.39, 0.29) is 5.82 Å². The van der Waals surface area contributed by atoms with E-state index in [4.69, 9.17) is 0 Å². The van der Waals surface area contributed by atoms with E-state index in [2.05, 4.69) is 46.8 Å². The highest BCUT2D eigenvalue weighted by atomic mass is 79.9. The molecule has 1 aromatic carbocycles. The predicted octanol–water partition coefficient (Wildman–Crippen LogP) is 4.29. The van der Waals surface area contributed by atoms with Gasteiger partial charge in [-0.2, -0.15) is 0 Å². The zero-order chi connectivity index (χ0) is 12.7. The number of halogens is 3. The molecule has 1 N–H and O–H groups in total. The molecule has 0 amide bonds. The molecule has 3 aromatic rings. The molecule has 3 nitrogen and oxygen atoms in total. The van der Waals surface area contributed by atoms with Crippen LogP contribution in [0.5, 0.6) is 0 Å². The molecule has 0 saturated heterocycles. The molecule has 0 aliphatic carbocycles.